The number of hydroxylamine groups is 2. The van der Waals surface area contributed by atoms with E-state index < -0.39 is 99.1 Å². The lowest BCUT2D eigenvalue weighted by molar-refractivity contribution is -0.170. The molecule has 0 saturated carbocycles. The van der Waals surface area contributed by atoms with Crippen molar-refractivity contribution in [1.29, 1.82) is 0 Å². The monoisotopic (exact) mass is 665 g/mol. The van der Waals surface area contributed by atoms with Gasteiger partial charge in [-0.15, -0.1) is 0 Å². The second kappa shape index (κ2) is 14.0. The fourth-order valence-electron chi connectivity index (χ4n) is 4.67. The minimum atomic E-state index is -3.35. The number of carbonyl (C=O) groups excluding carboxylic acids is 4. The van der Waals surface area contributed by atoms with Gasteiger partial charge < -0.3 is 34.5 Å². The van der Waals surface area contributed by atoms with Gasteiger partial charge in [0, 0.05) is 15.4 Å². The lowest BCUT2D eigenvalue weighted by Gasteiger charge is -2.25. The van der Waals surface area contributed by atoms with Gasteiger partial charge >= 0.3 is 0 Å². The molecule has 4 amide bonds. The van der Waals surface area contributed by atoms with Gasteiger partial charge in [0.15, 0.2) is 17.2 Å². The number of hydrogen-bond acceptors (Lipinski definition) is 9. The van der Waals surface area contributed by atoms with Crippen molar-refractivity contribution >= 4 is 46.6 Å². The molecular formula is C32H35ClN4O9. The van der Waals surface area contributed by atoms with E-state index in [0.29, 0.717) is 11.1 Å². The van der Waals surface area contributed by atoms with Crippen molar-refractivity contribution in [2.75, 3.05) is 52.9 Å². The first-order valence-corrected chi connectivity index (χ1v) is 13.5. The molecule has 1 aliphatic heterocycles. The number of rotatable bonds is 10. The van der Waals surface area contributed by atoms with E-state index in [9.17, 15) is 19.2 Å². The number of halogens is 1. The maximum atomic E-state index is 14.1. The normalized spacial score (nSPS) is 18.4. The number of fused-ring (bicyclic) bond motifs is 1. The molecule has 14 heteroatoms. The highest BCUT2D eigenvalue weighted by Gasteiger charge is 2.36. The fraction of sp³-hybridized carbons (Fsp3) is 0.312. The summed E-state index contributed by atoms with van der Waals surface area (Å²) >= 11 is 6.46. The van der Waals surface area contributed by atoms with Gasteiger partial charge in [0.25, 0.3) is 11.8 Å². The van der Waals surface area contributed by atoms with E-state index in [-0.39, 0.29) is 28.4 Å². The summed E-state index contributed by atoms with van der Waals surface area (Å²) in [4.78, 5) is 60.1. The average Bonchev–Trinajstić information content (AvgIpc) is 3.14. The van der Waals surface area contributed by atoms with Gasteiger partial charge in [-0.2, -0.15) is 0 Å². The van der Waals surface area contributed by atoms with Crippen LogP contribution in [0.5, 0.6) is 28.7 Å². The number of hydrogen-bond donors (Lipinski definition) is 2. The van der Waals surface area contributed by atoms with Crippen molar-refractivity contribution in [3.8, 4) is 28.7 Å². The SMILES string of the molecule is [2H]CON(C[2H])C(=O)C[C@H]1C(=O)Nc2cc(NC(=O)c3cc(OC([2H])([2H])[2H])c(OC([2H])([2H])[2H])c(OC([2H])([2H])[2H])c3Cl)c(Oc3cc(C)cc(C)c3)cc2C(=O)N1C. The van der Waals surface area contributed by atoms with Crippen LogP contribution in [0.2, 0.25) is 5.02 Å². The third-order valence-electron chi connectivity index (χ3n) is 6.87. The highest BCUT2D eigenvalue weighted by molar-refractivity contribution is 6.36. The maximum Gasteiger partial charge on any atom is 0.257 e. The van der Waals surface area contributed by atoms with Crippen LogP contribution < -0.4 is 29.6 Å². The summed E-state index contributed by atoms with van der Waals surface area (Å²) in [7, 11) is -10.1. The molecule has 0 radical (unpaired) electrons. The summed E-state index contributed by atoms with van der Waals surface area (Å²) in [6.07, 6.45) is -0.641. The second-order valence-corrected chi connectivity index (χ2v) is 10.4. The van der Waals surface area contributed by atoms with Gasteiger partial charge in [-0.1, -0.05) is 17.7 Å². The van der Waals surface area contributed by atoms with Gasteiger partial charge in [0.2, 0.25) is 17.6 Å². The summed E-state index contributed by atoms with van der Waals surface area (Å²) in [5, 5.41) is 4.71. The zero-order valence-electron chi connectivity index (χ0n) is 35.6. The van der Waals surface area contributed by atoms with E-state index in [4.69, 9.17) is 50.5 Å². The minimum absolute atomic E-state index is 0.163. The Morgan fingerprint density at radius 2 is 1.72 bits per heavy atom. The average molecular weight is 666 g/mol. The number of anilines is 2. The first kappa shape index (κ1) is 21.7. The maximum absolute atomic E-state index is 14.1. The summed E-state index contributed by atoms with van der Waals surface area (Å²) < 4.78 is 104. The van der Waals surface area contributed by atoms with Crippen LogP contribution in [0, 0.1) is 13.8 Å². The van der Waals surface area contributed by atoms with Crippen LogP contribution in [-0.2, 0) is 14.4 Å². The van der Waals surface area contributed by atoms with Gasteiger partial charge in [0.1, 0.15) is 11.8 Å². The Morgan fingerprint density at radius 1 is 1.00 bits per heavy atom. The molecule has 0 saturated heterocycles. The lowest BCUT2D eigenvalue weighted by atomic mass is 10.1. The molecule has 3 aromatic carbocycles. The van der Waals surface area contributed by atoms with Gasteiger partial charge in [0.05, 0.1) is 75.9 Å². The Kier molecular flexibility index (Phi) is 6.58. The van der Waals surface area contributed by atoms with Crippen LogP contribution in [0.15, 0.2) is 36.4 Å². The zero-order chi connectivity index (χ0) is 42.8. The molecule has 0 bridgehead atoms. The van der Waals surface area contributed by atoms with E-state index in [1.54, 1.807) is 26.0 Å². The number of likely N-dealkylation sites (N-methyl/N-ethyl adjacent to an activating group) is 1. The number of nitrogens with one attached hydrogen (secondary N) is 2. The molecule has 0 fully saturated rings. The Balaban J connectivity index is 1.88. The molecule has 1 heterocycles. The third kappa shape index (κ3) is 6.80. The Hall–Kier alpha value is -5.01. The van der Waals surface area contributed by atoms with E-state index in [2.05, 4.69) is 10.6 Å². The smallest absolute Gasteiger partial charge is 0.257 e. The molecule has 0 aromatic heterocycles. The Labute approximate surface area is 286 Å². The predicted molar refractivity (Wildman–Crippen MR) is 170 cm³/mol. The first-order valence-electron chi connectivity index (χ1n) is 19.0. The van der Waals surface area contributed by atoms with Crippen molar-refractivity contribution < 1.29 is 58.0 Å². The molecule has 1 aliphatic rings. The van der Waals surface area contributed by atoms with Crippen LogP contribution in [0.4, 0.5) is 11.4 Å². The van der Waals surface area contributed by atoms with Gasteiger partial charge in [-0.05, 0) is 55.3 Å². The largest absolute Gasteiger partial charge is 0.493 e. The lowest BCUT2D eigenvalue weighted by Crippen LogP contribution is -2.45. The highest BCUT2D eigenvalue weighted by Crippen LogP contribution is 2.45. The molecule has 4 rings (SSSR count). The van der Waals surface area contributed by atoms with Crippen LogP contribution in [0.1, 0.15) is 53.3 Å². The standard InChI is InChI=1S/C32H35ClN4O9/c1-16-9-17(2)11-18(10-16)46-24-12-19-21(34-31(40)23(36(3)32(19)41)15-26(38)37(4)45-8)14-22(24)35-30(39)20-13-25(42-5)28(43-6)29(44-7)27(20)33/h9-14,23H,15H2,1-8H3,(H,34,40)(H,35,39)/t23-/m0/s1/i4D,5D3,6D3,7D3,8D. The molecule has 244 valence electrons. The molecule has 0 spiro atoms. The fourth-order valence-corrected chi connectivity index (χ4v) is 4.93. The van der Waals surface area contributed by atoms with E-state index >= 15 is 0 Å². The summed E-state index contributed by atoms with van der Waals surface area (Å²) in [5.74, 6) is -6.80. The van der Waals surface area contributed by atoms with Gasteiger partial charge in [-0.3, -0.25) is 24.0 Å². The quantitative estimate of drug-likeness (QED) is 0.291. The zero-order valence-corrected chi connectivity index (χ0v) is 25.4. The van der Waals surface area contributed by atoms with Crippen LogP contribution >= 0.6 is 11.6 Å². The summed E-state index contributed by atoms with van der Waals surface area (Å²) in [6.45, 7) is 3.57. The van der Waals surface area contributed by atoms with Crippen molar-refractivity contribution in [1.82, 2.24) is 9.96 Å². The first-order chi connectivity index (χ1) is 26.3. The van der Waals surface area contributed by atoms with Crippen molar-refractivity contribution in [2.24, 2.45) is 0 Å². The van der Waals surface area contributed by atoms with E-state index in [1.807, 2.05) is 6.07 Å². The Bertz CT molecular complexity index is 2040. The van der Waals surface area contributed by atoms with E-state index in [1.165, 1.54) is 13.1 Å². The third-order valence-corrected chi connectivity index (χ3v) is 7.25. The Morgan fingerprint density at radius 3 is 2.39 bits per heavy atom. The van der Waals surface area contributed by atoms with E-state index in [0.717, 1.165) is 22.1 Å². The number of amides is 4. The topological polar surface area (TPSA) is 145 Å². The predicted octanol–water partition coefficient (Wildman–Crippen LogP) is 4.83. The highest BCUT2D eigenvalue weighted by atomic mass is 35.5. The molecular weight excluding hydrogens is 620 g/mol. The molecule has 0 unspecified atom stereocenters. The van der Waals surface area contributed by atoms with Crippen molar-refractivity contribution in [3.05, 3.63) is 63.7 Å². The molecule has 13 nitrogen and oxygen atoms in total. The second-order valence-electron chi connectivity index (χ2n) is 10.0. The van der Waals surface area contributed by atoms with Crippen LogP contribution in [-0.4, -0.2) is 81.9 Å². The van der Waals surface area contributed by atoms with Crippen LogP contribution in [0.3, 0.4) is 0 Å². The molecule has 46 heavy (non-hydrogen) atoms. The number of nitrogens with zero attached hydrogens (tertiary/aromatic N) is 2. The van der Waals surface area contributed by atoms with Gasteiger partial charge in [-0.25, -0.2) is 5.06 Å². The molecule has 2 N–H and O–H groups in total. The summed E-state index contributed by atoms with van der Waals surface area (Å²) in [5.41, 5.74) is 0.234. The summed E-state index contributed by atoms with van der Waals surface area (Å²) in [6, 6.07) is 6.68. The number of ether oxygens (including phenoxy) is 4. The number of aryl methyl sites for hydroxylation is 2. The number of benzene rings is 3. The van der Waals surface area contributed by atoms with Crippen molar-refractivity contribution in [3.63, 3.8) is 0 Å². The number of methoxy groups -OCH3 is 3. The van der Waals surface area contributed by atoms with Crippen molar-refractivity contribution in [2.45, 2.75) is 26.3 Å². The molecule has 3 aromatic rings. The molecule has 0 aliphatic carbocycles. The minimum Gasteiger partial charge on any atom is -0.493 e. The number of carbonyl (C=O) groups is 4. The molecule has 1 atom stereocenters. The van der Waals surface area contributed by atoms with Crippen LogP contribution in [0.25, 0.3) is 0 Å².